The third kappa shape index (κ3) is 4.04. The van der Waals surface area contributed by atoms with Crippen molar-refractivity contribution in [3.63, 3.8) is 0 Å². The first-order chi connectivity index (χ1) is 9.20. The highest BCUT2D eigenvalue weighted by molar-refractivity contribution is 5.19. The number of halogens is 1. The van der Waals surface area contributed by atoms with E-state index in [0.29, 0.717) is 6.04 Å². The third-order valence-corrected chi connectivity index (χ3v) is 4.60. The molecule has 3 atom stereocenters. The molecule has 2 rings (SSSR count). The van der Waals surface area contributed by atoms with E-state index in [1.54, 1.807) is 12.1 Å². The maximum atomic E-state index is 13.0. The van der Waals surface area contributed by atoms with Crippen molar-refractivity contribution in [3.8, 4) is 0 Å². The van der Waals surface area contributed by atoms with E-state index in [9.17, 15) is 4.39 Å². The highest BCUT2D eigenvalue weighted by atomic mass is 19.1. The largest absolute Gasteiger partial charge is 0.310 e. The topological polar surface area (TPSA) is 12.0 Å². The minimum atomic E-state index is -0.153. The number of benzene rings is 1. The molecule has 0 spiro atoms. The predicted octanol–water partition coefficient (Wildman–Crippen LogP) is 4.69. The molecule has 3 unspecified atom stereocenters. The predicted molar refractivity (Wildman–Crippen MR) is 78.6 cm³/mol. The summed E-state index contributed by atoms with van der Waals surface area (Å²) in [6.45, 7) is 5.66. The van der Waals surface area contributed by atoms with Crippen LogP contribution in [0.3, 0.4) is 0 Å². The van der Waals surface area contributed by atoms with Gasteiger partial charge in [-0.3, -0.25) is 0 Å². The summed E-state index contributed by atoms with van der Waals surface area (Å²) >= 11 is 0. The van der Waals surface area contributed by atoms with Gasteiger partial charge in [0, 0.05) is 6.04 Å². The molecule has 1 aliphatic carbocycles. The van der Waals surface area contributed by atoms with Crippen molar-refractivity contribution in [3.05, 3.63) is 35.6 Å². The zero-order valence-electron chi connectivity index (χ0n) is 12.2. The van der Waals surface area contributed by atoms with Gasteiger partial charge in [0.1, 0.15) is 5.82 Å². The third-order valence-electron chi connectivity index (χ3n) is 4.60. The quantitative estimate of drug-likeness (QED) is 0.812. The van der Waals surface area contributed by atoms with Gasteiger partial charge in [-0.2, -0.15) is 0 Å². The SMILES string of the molecule is CCC(NCC1CCCCC1C)c1ccc(F)cc1. The summed E-state index contributed by atoms with van der Waals surface area (Å²) in [5.74, 6) is 1.50. The molecule has 1 nitrogen and oxygen atoms in total. The Hall–Kier alpha value is -0.890. The van der Waals surface area contributed by atoms with E-state index >= 15 is 0 Å². The average Bonchev–Trinajstić information content (AvgIpc) is 2.43. The number of rotatable bonds is 5. The smallest absolute Gasteiger partial charge is 0.123 e. The Labute approximate surface area is 116 Å². The fourth-order valence-corrected chi connectivity index (χ4v) is 3.18. The van der Waals surface area contributed by atoms with Crippen molar-refractivity contribution in [2.45, 2.75) is 52.0 Å². The van der Waals surface area contributed by atoms with E-state index < -0.39 is 0 Å². The monoisotopic (exact) mass is 263 g/mol. The second kappa shape index (κ2) is 7.04. The van der Waals surface area contributed by atoms with Gasteiger partial charge >= 0.3 is 0 Å². The molecule has 1 fully saturated rings. The van der Waals surface area contributed by atoms with Crippen LogP contribution in [0.25, 0.3) is 0 Å². The van der Waals surface area contributed by atoms with Crippen molar-refractivity contribution in [1.82, 2.24) is 5.32 Å². The van der Waals surface area contributed by atoms with Gasteiger partial charge in [0.25, 0.3) is 0 Å². The molecular formula is C17H26FN. The molecule has 1 aromatic rings. The molecular weight excluding hydrogens is 237 g/mol. The lowest BCUT2D eigenvalue weighted by Gasteiger charge is -2.30. The molecule has 0 bridgehead atoms. The molecule has 1 aromatic carbocycles. The van der Waals surface area contributed by atoms with Crippen LogP contribution in [0.4, 0.5) is 4.39 Å². The number of hydrogen-bond donors (Lipinski definition) is 1. The Morgan fingerprint density at radius 2 is 1.89 bits per heavy atom. The first kappa shape index (κ1) is 14.5. The Morgan fingerprint density at radius 3 is 2.53 bits per heavy atom. The van der Waals surface area contributed by atoms with E-state index in [0.717, 1.165) is 24.8 Å². The summed E-state index contributed by atoms with van der Waals surface area (Å²) in [7, 11) is 0. The number of hydrogen-bond acceptors (Lipinski definition) is 1. The van der Waals surface area contributed by atoms with Crippen molar-refractivity contribution >= 4 is 0 Å². The molecule has 0 aromatic heterocycles. The molecule has 1 saturated carbocycles. The lowest BCUT2D eigenvalue weighted by Crippen LogP contribution is -2.31. The zero-order chi connectivity index (χ0) is 13.7. The molecule has 1 aliphatic rings. The summed E-state index contributed by atoms with van der Waals surface area (Å²) in [5.41, 5.74) is 1.20. The van der Waals surface area contributed by atoms with E-state index in [4.69, 9.17) is 0 Å². The Morgan fingerprint density at radius 1 is 1.21 bits per heavy atom. The van der Waals surface area contributed by atoms with Crippen LogP contribution >= 0.6 is 0 Å². The van der Waals surface area contributed by atoms with Crippen LogP contribution in [0, 0.1) is 17.7 Å². The molecule has 1 N–H and O–H groups in total. The van der Waals surface area contributed by atoms with Crippen LogP contribution in [0.5, 0.6) is 0 Å². The summed E-state index contributed by atoms with van der Waals surface area (Å²) < 4.78 is 13.0. The van der Waals surface area contributed by atoms with Gasteiger partial charge in [0.05, 0.1) is 0 Å². The molecule has 0 saturated heterocycles. The van der Waals surface area contributed by atoms with Gasteiger partial charge < -0.3 is 5.32 Å². The van der Waals surface area contributed by atoms with E-state index in [-0.39, 0.29) is 5.82 Å². The maximum Gasteiger partial charge on any atom is 0.123 e. The standard InChI is InChI=1S/C17H26FN/c1-3-17(14-8-10-16(18)11-9-14)19-12-15-7-5-4-6-13(15)2/h8-11,13,15,17,19H,3-7,12H2,1-2H3. The van der Waals surface area contributed by atoms with E-state index in [2.05, 4.69) is 19.2 Å². The van der Waals surface area contributed by atoms with Gasteiger partial charge in [-0.25, -0.2) is 4.39 Å². The fraction of sp³-hybridized carbons (Fsp3) is 0.647. The molecule has 106 valence electrons. The van der Waals surface area contributed by atoms with Crippen molar-refractivity contribution in [1.29, 1.82) is 0 Å². The highest BCUT2D eigenvalue weighted by Crippen LogP contribution is 2.29. The van der Waals surface area contributed by atoms with Gasteiger partial charge in [0.15, 0.2) is 0 Å². The molecule has 0 amide bonds. The van der Waals surface area contributed by atoms with Gasteiger partial charge in [-0.05, 0) is 48.9 Å². The minimum Gasteiger partial charge on any atom is -0.310 e. The molecule has 19 heavy (non-hydrogen) atoms. The van der Waals surface area contributed by atoms with Crippen molar-refractivity contribution in [2.24, 2.45) is 11.8 Å². The molecule has 0 radical (unpaired) electrons. The summed E-state index contributed by atoms with van der Waals surface area (Å²) in [5, 5.41) is 3.68. The lowest BCUT2D eigenvalue weighted by atomic mass is 9.80. The summed E-state index contributed by atoms with van der Waals surface area (Å²) in [6, 6.07) is 7.28. The van der Waals surface area contributed by atoms with Crippen LogP contribution in [-0.2, 0) is 0 Å². The molecule has 2 heteroatoms. The summed E-state index contributed by atoms with van der Waals surface area (Å²) in [4.78, 5) is 0. The number of nitrogens with one attached hydrogen (secondary N) is 1. The fourth-order valence-electron chi connectivity index (χ4n) is 3.18. The van der Waals surface area contributed by atoms with Gasteiger partial charge in [-0.1, -0.05) is 45.2 Å². The van der Waals surface area contributed by atoms with Crippen LogP contribution in [-0.4, -0.2) is 6.54 Å². The van der Waals surface area contributed by atoms with E-state index in [1.807, 2.05) is 12.1 Å². The van der Waals surface area contributed by atoms with Crippen LogP contribution < -0.4 is 5.32 Å². The molecule has 0 heterocycles. The maximum absolute atomic E-state index is 13.0. The highest BCUT2D eigenvalue weighted by Gasteiger charge is 2.22. The normalized spacial score (nSPS) is 25.2. The van der Waals surface area contributed by atoms with E-state index in [1.165, 1.54) is 31.2 Å². The Kier molecular flexibility index (Phi) is 5.38. The lowest BCUT2D eigenvalue weighted by molar-refractivity contribution is 0.240. The Bertz CT molecular complexity index is 373. The first-order valence-corrected chi connectivity index (χ1v) is 7.69. The summed E-state index contributed by atoms with van der Waals surface area (Å²) in [6.07, 6.45) is 6.55. The zero-order valence-corrected chi connectivity index (χ0v) is 12.2. The van der Waals surface area contributed by atoms with Gasteiger partial charge in [-0.15, -0.1) is 0 Å². The van der Waals surface area contributed by atoms with Crippen LogP contribution in [0.1, 0.15) is 57.6 Å². The first-order valence-electron chi connectivity index (χ1n) is 7.69. The van der Waals surface area contributed by atoms with Crippen molar-refractivity contribution < 1.29 is 4.39 Å². The van der Waals surface area contributed by atoms with Crippen molar-refractivity contribution in [2.75, 3.05) is 6.54 Å². The van der Waals surface area contributed by atoms with Crippen LogP contribution in [0.15, 0.2) is 24.3 Å². The molecule has 0 aliphatic heterocycles. The Balaban J connectivity index is 1.90. The second-order valence-electron chi connectivity index (χ2n) is 5.94. The van der Waals surface area contributed by atoms with Gasteiger partial charge in [0.2, 0.25) is 0 Å². The minimum absolute atomic E-state index is 0.153. The average molecular weight is 263 g/mol. The second-order valence-corrected chi connectivity index (χ2v) is 5.94. The van der Waals surface area contributed by atoms with Crippen LogP contribution in [0.2, 0.25) is 0 Å².